The number of rotatable bonds is 8. The van der Waals surface area contributed by atoms with Gasteiger partial charge >= 0.3 is 0 Å². The standard InChI is InChI=1S/C15H24O5S/c1-4-12(2)11-15(9-6-10-20-21(3,18)19)13(16)7-5-8-14(15)17/h2,4-11H2,1,3H3. The SMILES string of the molecule is C=C(CC)CC1(CCCOS(C)(=O)=O)C(=O)CCCC1=O. The van der Waals surface area contributed by atoms with Crippen LogP contribution in [0.2, 0.25) is 0 Å². The highest BCUT2D eigenvalue weighted by Gasteiger charge is 2.46. The van der Waals surface area contributed by atoms with E-state index in [1.54, 1.807) is 0 Å². The Morgan fingerprint density at radius 3 is 2.33 bits per heavy atom. The van der Waals surface area contributed by atoms with E-state index < -0.39 is 15.5 Å². The van der Waals surface area contributed by atoms with Crippen LogP contribution in [0.1, 0.15) is 51.9 Å². The molecule has 6 heteroatoms. The fourth-order valence-electron chi connectivity index (χ4n) is 2.74. The van der Waals surface area contributed by atoms with Crippen LogP contribution in [-0.4, -0.2) is 32.8 Å². The summed E-state index contributed by atoms with van der Waals surface area (Å²) in [6, 6.07) is 0. The molecular weight excluding hydrogens is 292 g/mol. The van der Waals surface area contributed by atoms with Gasteiger partial charge in [0, 0.05) is 12.8 Å². The largest absolute Gasteiger partial charge is 0.299 e. The lowest BCUT2D eigenvalue weighted by atomic mass is 9.66. The molecule has 0 unspecified atom stereocenters. The third-order valence-corrected chi connectivity index (χ3v) is 4.57. The topological polar surface area (TPSA) is 77.5 Å². The maximum absolute atomic E-state index is 12.3. The van der Waals surface area contributed by atoms with Crippen LogP contribution in [0.15, 0.2) is 12.2 Å². The van der Waals surface area contributed by atoms with E-state index in [1.807, 2.05) is 6.92 Å². The van der Waals surface area contributed by atoms with E-state index in [0.717, 1.165) is 18.2 Å². The van der Waals surface area contributed by atoms with Crippen molar-refractivity contribution >= 4 is 21.7 Å². The van der Waals surface area contributed by atoms with Crippen molar-refractivity contribution in [3.63, 3.8) is 0 Å². The highest BCUT2D eigenvalue weighted by atomic mass is 32.2. The van der Waals surface area contributed by atoms with E-state index >= 15 is 0 Å². The van der Waals surface area contributed by atoms with Gasteiger partial charge in [0.1, 0.15) is 11.6 Å². The van der Waals surface area contributed by atoms with Crippen LogP contribution in [0.5, 0.6) is 0 Å². The summed E-state index contributed by atoms with van der Waals surface area (Å²) in [7, 11) is -3.49. The van der Waals surface area contributed by atoms with E-state index in [9.17, 15) is 18.0 Å². The van der Waals surface area contributed by atoms with Gasteiger partial charge < -0.3 is 0 Å². The second-order valence-electron chi connectivity index (χ2n) is 5.69. The highest BCUT2D eigenvalue weighted by Crippen LogP contribution is 2.40. The molecule has 0 spiro atoms. The smallest absolute Gasteiger partial charge is 0.264 e. The zero-order valence-corrected chi connectivity index (χ0v) is 13.6. The Morgan fingerprint density at radius 1 is 1.29 bits per heavy atom. The Balaban J connectivity index is 2.79. The van der Waals surface area contributed by atoms with Crippen molar-refractivity contribution in [3.8, 4) is 0 Å². The average molecular weight is 316 g/mol. The minimum absolute atomic E-state index is 0.000253. The zero-order valence-electron chi connectivity index (χ0n) is 12.8. The van der Waals surface area contributed by atoms with Gasteiger partial charge in [-0.05, 0) is 32.1 Å². The molecule has 0 aromatic rings. The van der Waals surface area contributed by atoms with Crippen LogP contribution >= 0.6 is 0 Å². The van der Waals surface area contributed by atoms with Crippen molar-refractivity contribution in [1.29, 1.82) is 0 Å². The molecule has 1 saturated carbocycles. The van der Waals surface area contributed by atoms with Gasteiger partial charge in [0.05, 0.1) is 18.3 Å². The number of allylic oxidation sites excluding steroid dienone is 1. The van der Waals surface area contributed by atoms with Gasteiger partial charge in [-0.3, -0.25) is 13.8 Å². The van der Waals surface area contributed by atoms with Crippen molar-refractivity contribution in [3.05, 3.63) is 12.2 Å². The Bertz CT molecular complexity index is 502. The van der Waals surface area contributed by atoms with Crippen LogP contribution in [0, 0.1) is 5.41 Å². The molecule has 0 heterocycles. The van der Waals surface area contributed by atoms with Crippen molar-refractivity contribution in [1.82, 2.24) is 0 Å². The Morgan fingerprint density at radius 2 is 1.86 bits per heavy atom. The summed E-state index contributed by atoms with van der Waals surface area (Å²) in [5, 5.41) is 0. The van der Waals surface area contributed by atoms with Gasteiger partial charge in [-0.25, -0.2) is 0 Å². The first-order chi connectivity index (χ1) is 9.71. The van der Waals surface area contributed by atoms with Gasteiger partial charge in [0.25, 0.3) is 10.1 Å². The Hall–Kier alpha value is -1.01. The van der Waals surface area contributed by atoms with Crippen LogP contribution in [-0.2, 0) is 23.9 Å². The Labute approximate surface area is 126 Å². The van der Waals surface area contributed by atoms with E-state index in [-0.39, 0.29) is 18.2 Å². The summed E-state index contributed by atoms with van der Waals surface area (Å²) >= 11 is 0. The molecule has 1 rings (SSSR count). The maximum atomic E-state index is 12.3. The summed E-state index contributed by atoms with van der Waals surface area (Å²) in [6.45, 7) is 5.86. The van der Waals surface area contributed by atoms with Gasteiger partial charge in [0.2, 0.25) is 0 Å². The molecule has 0 saturated heterocycles. The maximum Gasteiger partial charge on any atom is 0.264 e. The Kier molecular flexibility index (Phi) is 6.28. The fourth-order valence-corrected chi connectivity index (χ4v) is 3.16. The van der Waals surface area contributed by atoms with E-state index in [4.69, 9.17) is 4.18 Å². The number of ketones is 2. The molecule has 5 nitrogen and oxygen atoms in total. The van der Waals surface area contributed by atoms with E-state index in [2.05, 4.69) is 6.58 Å². The molecule has 0 N–H and O–H groups in total. The molecule has 0 bridgehead atoms. The van der Waals surface area contributed by atoms with Crippen molar-refractivity contribution in [2.45, 2.75) is 51.9 Å². The van der Waals surface area contributed by atoms with Gasteiger partial charge in [0.15, 0.2) is 0 Å². The van der Waals surface area contributed by atoms with Crippen molar-refractivity contribution < 1.29 is 22.2 Å². The van der Waals surface area contributed by atoms with Crippen LogP contribution in [0.4, 0.5) is 0 Å². The third-order valence-electron chi connectivity index (χ3n) is 3.97. The second-order valence-corrected chi connectivity index (χ2v) is 7.34. The normalized spacial score (nSPS) is 18.8. The first-order valence-electron chi connectivity index (χ1n) is 7.29. The lowest BCUT2D eigenvalue weighted by Gasteiger charge is -2.35. The highest BCUT2D eigenvalue weighted by molar-refractivity contribution is 7.85. The van der Waals surface area contributed by atoms with Crippen LogP contribution in [0.3, 0.4) is 0 Å². The lowest BCUT2D eigenvalue weighted by molar-refractivity contribution is -0.144. The first kappa shape index (κ1) is 18.0. The second kappa shape index (κ2) is 7.31. The molecular formula is C15H24O5S. The van der Waals surface area contributed by atoms with Gasteiger partial charge in [-0.15, -0.1) is 0 Å². The molecule has 0 aromatic heterocycles. The molecule has 1 aliphatic rings. The van der Waals surface area contributed by atoms with Gasteiger partial charge in [-0.1, -0.05) is 19.1 Å². The van der Waals surface area contributed by atoms with E-state index in [1.165, 1.54) is 0 Å². The minimum atomic E-state index is -3.49. The number of hydrogen-bond donors (Lipinski definition) is 0. The number of Topliss-reactive ketones (excluding diaryl/α,β-unsaturated/α-hetero) is 2. The van der Waals surface area contributed by atoms with Crippen LogP contribution in [0.25, 0.3) is 0 Å². The zero-order chi connectivity index (χ0) is 16.1. The average Bonchev–Trinajstić information content (AvgIpc) is 2.39. The molecule has 1 aliphatic carbocycles. The number of carbonyl (C=O) groups is 2. The molecule has 0 radical (unpaired) electrons. The minimum Gasteiger partial charge on any atom is -0.299 e. The van der Waals surface area contributed by atoms with Crippen molar-refractivity contribution in [2.75, 3.05) is 12.9 Å². The molecule has 0 aromatic carbocycles. The van der Waals surface area contributed by atoms with Gasteiger partial charge in [-0.2, -0.15) is 8.42 Å². The van der Waals surface area contributed by atoms with E-state index in [0.29, 0.717) is 38.5 Å². The monoisotopic (exact) mass is 316 g/mol. The quantitative estimate of drug-likeness (QED) is 0.297. The number of carbonyl (C=O) groups excluding carboxylic acids is 2. The molecule has 0 atom stereocenters. The van der Waals surface area contributed by atoms with Crippen molar-refractivity contribution in [2.24, 2.45) is 5.41 Å². The summed E-state index contributed by atoms with van der Waals surface area (Å²) < 4.78 is 26.6. The predicted molar refractivity (Wildman–Crippen MR) is 80.4 cm³/mol. The summed E-state index contributed by atoms with van der Waals surface area (Å²) in [5.74, 6) is -0.0691. The molecule has 120 valence electrons. The summed E-state index contributed by atoms with van der Waals surface area (Å²) in [5.41, 5.74) is -0.130. The first-order valence-corrected chi connectivity index (χ1v) is 9.10. The molecule has 21 heavy (non-hydrogen) atoms. The molecule has 0 aliphatic heterocycles. The number of hydrogen-bond acceptors (Lipinski definition) is 5. The molecule has 0 amide bonds. The van der Waals surface area contributed by atoms with Crippen LogP contribution < -0.4 is 0 Å². The fraction of sp³-hybridized carbons (Fsp3) is 0.733. The summed E-state index contributed by atoms with van der Waals surface area (Å²) in [4.78, 5) is 24.7. The predicted octanol–water partition coefficient (Wildman–Crippen LogP) is 2.41. The third kappa shape index (κ3) is 5.04. The molecule has 1 fully saturated rings. The summed E-state index contributed by atoms with van der Waals surface area (Å²) in [6.07, 6.45) is 4.21. The lowest BCUT2D eigenvalue weighted by Crippen LogP contribution is -2.43.